The van der Waals surface area contributed by atoms with Gasteiger partial charge in [0, 0.05) is 5.46 Å². The highest BCUT2D eigenvalue weighted by atomic mass is 32.2. The molecule has 1 aromatic carbocycles. The summed E-state index contributed by atoms with van der Waals surface area (Å²) in [6.45, 7) is 7.71. The van der Waals surface area contributed by atoms with Gasteiger partial charge in [0.15, 0.2) is 5.17 Å². The van der Waals surface area contributed by atoms with Gasteiger partial charge in [-0.25, -0.2) is 0 Å². The summed E-state index contributed by atoms with van der Waals surface area (Å²) in [5.41, 5.74) is 0.0494. The van der Waals surface area contributed by atoms with E-state index in [4.69, 9.17) is 14.4 Å². The van der Waals surface area contributed by atoms with Gasteiger partial charge in [-0.05, 0) is 51.5 Å². The van der Waals surface area contributed by atoms with Crippen LogP contribution in [0.25, 0.3) is 0 Å². The molecule has 0 radical (unpaired) electrons. The van der Waals surface area contributed by atoms with E-state index in [9.17, 15) is 14.7 Å². The van der Waals surface area contributed by atoms with Crippen molar-refractivity contribution in [1.82, 2.24) is 5.32 Å². The van der Waals surface area contributed by atoms with Crippen molar-refractivity contribution < 1.29 is 29.1 Å². The average molecular weight is 419 g/mol. The van der Waals surface area contributed by atoms with Gasteiger partial charge in [-0.2, -0.15) is 5.10 Å². The third kappa shape index (κ3) is 4.63. The molecule has 1 unspecified atom stereocenters. The Kier molecular flexibility index (Phi) is 5.75. The monoisotopic (exact) mass is 419 g/mol. The fraction of sp³-hybridized carbons (Fsp3) is 0.444. The minimum absolute atomic E-state index is 0.0436. The summed E-state index contributed by atoms with van der Waals surface area (Å²) >= 11 is 1.02. The molecule has 0 bridgehead atoms. The summed E-state index contributed by atoms with van der Waals surface area (Å²) in [6.07, 6.45) is 1.17. The van der Waals surface area contributed by atoms with Gasteiger partial charge in [-0.1, -0.05) is 11.8 Å². The van der Waals surface area contributed by atoms with Crippen LogP contribution >= 0.6 is 11.8 Å². The Bertz CT molecular complexity index is 886. The van der Waals surface area contributed by atoms with Crippen molar-refractivity contribution in [3.8, 4) is 5.75 Å². The lowest BCUT2D eigenvalue weighted by Gasteiger charge is -2.32. The Labute approximate surface area is 172 Å². The van der Waals surface area contributed by atoms with E-state index >= 15 is 0 Å². The molecule has 0 aliphatic carbocycles. The largest absolute Gasteiger partial charge is 0.508 e. The van der Waals surface area contributed by atoms with Gasteiger partial charge in [0.2, 0.25) is 5.91 Å². The third-order valence-corrected chi connectivity index (χ3v) is 6.12. The van der Waals surface area contributed by atoms with Gasteiger partial charge in [0.25, 0.3) is 0 Å². The lowest BCUT2D eigenvalue weighted by atomic mass is 9.77. The zero-order valence-electron chi connectivity index (χ0n) is 16.5. The number of carbonyl (C=O) groups is 2. The summed E-state index contributed by atoms with van der Waals surface area (Å²) in [5.74, 6) is -1.41. The van der Waals surface area contributed by atoms with Gasteiger partial charge in [0.1, 0.15) is 11.0 Å². The molecule has 2 aliphatic heterocycles. The van der Waals surface area contributed by atoms with Crippen LogP contribution < -0.4 is 10.8 Å². The number of carboxylic acids is 1. The molecule has 2 fully saturated rings. The van der Waals surface area contributed by atoms with E-state index in [1.807, 2.05) is 27.7 Å². The molecule has 2 heterocycles. The highest BCUT2D eigenvalue weighted by molar-refractivity contribution is 8.15. The molecular weight excluding hydrogens is 397 g/mol. The Morgan fingerprint density at radius 1 is 1.31 bits per heavy atom. The summed E-state index contributed by atoms with van der Waals surface area (Å²) in [5, 5.41) is 28.9. The zero-order chi connectivity index (χ0) is 21.4. The van der Waals surface area contributed by atoms with E-state index in [2.05, 4.69) is 15.5 Å². The maximum Gasteiger partial charge on any atom is 0.498 e. The molecule has 1 amide bonds. The van der Waals surface area contributed by atoms with Crippen LogP contribution in [0.1, 0.15) is 39.7 Å². The van der Waals surface area contributed by atoms with Crippen LogP contribution in [-0.2, 0) is 18.9 Å². The first-order valence-electron chi connectivity index (χ1n) is 8.97. The van der Waals surface area contributed by atoms with Crippen molar-refractivity contribution in [3.63, 3.8) is 0 Å². The Morgan fingerprint density at radius 2 is 1.97 bits per heavy atom. The first-order chi connectivity index (χ1) is 13.5. The molecule has 1 atom stereocenters. The molecular formula is C18H22BN3O6S. The molecule has 0 spiro atoms. The van der Waals surface area contributed by atoms with Crippen LogP contribution in [0.15, 0.2) is 28.4 Å². The summed E-state index contributed by atoms with van der Waals surface area (Å²) < 4.78 is 11.9. The number of hydrogen-bond acceptors (Lipinski definition) is 8. The fourth-order valence-electron chi connectivity index (χ4n) is 2.71. The van der Waals surface area contributed by atoms with Crippen molar-refractivity contribution >= 4 is 47.6 Å². The molecule has 0 saturated carbocycles. The molecule has 1 aromatic rings. The Morgan fingerprint density at radius 3 is 2.59 bits per heavy atom. The second-order valence-corrected chi connectivity index (χ2v) is 8.94. The lowest BCUT2D eigenvalue weighted by Crippen LogP contribution is -2.41. The van der Waals surface area contributed by atoms with Crippen LogP contribution in [-0.4, -0.2) is 57.0 Å². The standard InChI is InChI=1S/C18H22BN3O6S/c1-17(2)18(3,4)28-19(27-17)11-7-10(5-6-12(11)23)9-20-22-16-21-15(26)13(29-16)8-14(24)25/h5-7,9,13,23H,8H2,1-4H3,(H,24,25)(H,21,22,26). The molecule has 11 heteroatoms. The quantitative estimate of drug-likeness (QED) is 0.370. The second kappa shape index (κ2) is 7.81. The van der Waals surface area contributed by atoms with Crippen LogP contribution in [0, 0.1) is 0 Å². The van der Waals surface area contributed by atoms with Crippen molar-refractivity contribution in [1.29, 1.82) is 0 Å². The van der Waals surface area contributed by atoms with Crippen LogP contribution in [0.5, 0.6) is 5.75 Å². The maximum absolute atomic E-state index is 11.7. The molecule has 2 aliphatic rings. The smallest absolute Gasteiger partial charge is 0.498 e. The molecule has 0 aromatic heterocycles. The van der Waals surface area contributed by atoms with E-state index < -0.39 is 35.4 Å². The summed E-state index contributed by atoms with van der Waals surface area (Å²) in [7, 11) is -0.721. The Hall–Kier alpha value is -2.37. The number of aliphatic carboxylic acids is 1. The molecule has 3 N–H and O–H groups in total. The van der Waals surface area contributed by atoms with E-state index in [0.29, 0.717) is 11.0 Å². The Balaban J connectivity index is 1.73. The molecule has 9 nitrogen and oxygen atoms in total. The SMILES string of the molecule is CC1(C)OB(c2cc(C=NN=C3NC(=O)C(CC(=O)O)S3)ccc2O)OC1(C)C. The van der Waals surface area contributed by atoms with Crippen molar-refractivity contribution in [3.05, 3.63) is 23.8 Å². The number of aromatic hydroxyl groups is 1. The first-order valence-corrected chi connectivity index (χ1v) is 9.85. The number of phenolic OH excluding ortho intramolecular Hbond substituents is 1. The molecule has 3 rings (SSSR count). The number of thioether (sulfide) groups is 1. The number of carbonyl (C=O) groups excluding carboxylic acids is 1. The summed E-state index contributed by atoms with van der Waals surface area (Å²) in [4.78, 5) is 22.5. The highest BCUT2D eigenvalue weighted by Crippen LogP contribution is 2.37. The maximum atomic E-state index is 11.7. The van der Waals surface area contributed by atoms with Gasteiger partial charge in [-0.3, -0.25) is 9.59 Å². The second-order valence-electron chi connectivity index (χ2n) is 7.75. The number of rotatable bonds is 5. The number of hydrogen-bond donors (Lipinski definition) is 3. The van der Waals surface area contributed by atoms with E-state index in [0.717, 1.165) is 11.8 Å². The van der Waals surface area contributed by atoms with Gasteiger partial charge in [0.05, 0.1) is 23.8 Å². The average Bonchev–Trinajstić information content (AvgIpc) is 3.04. The number of benzene rings is 1. The van der Waals surface area contributed by atoms with Gasteiger partial charge < -0.3 is 24.8 Å². The topological polar surface area (TPSA) is 130 Å². The third-order valence-electron chi connectivity index (χ3n) is 5.05. The first kappa shape index (κ1) is 21.3. The van der Waals surface area contributed by atoms with Crippen LogP contribution in [0.2, 0.25) is 0 Å². The number of nitrogens with zero attached hydrogens (tertiary/aromatic N) is 2. The van der Waals surface area contributed by atoms with E-state index in [-0.39, 0.29) is 17.3 Å². The number of carboxylic acid groups (broad SMARTS) is 1. The van der Waals surface area contributed by atoms with Crippen LogP contribution in [0.4, 0.5) is 0 Å². The minimum atomic E-state index is -1.05. The lowest BCUT2D eigenvalue weighted by molar-refractivity contribution is -0.138. The molecule has 2 saturated heterocycles. The van der Waals surface area contributed by atoms with Crippen molar-refractivity contribution in [2.24, 2.45) is 10.2 Å². The number of amides is 1. The van der Waals surface area contributed by atoms with Gasteiger partial charge in [-0.15, -0.1) is 5.10 Å². The van der Waals surface area contributed by atoms with E-state index in [1.165, 1.54) is 12.3 Å². The van der Waals surface area contributed by atoms with Crippen LogP contribution in [0.3, 0.4) is 0 Å². The zero-order valence-corrected chi connectivity index (χ0v) is 17.3. The highest BCUT2D eigenvalue weighted by Gasteiger charge is 2.52. The fourth-order valence-corrected chi connectivity index (χ4v) is 3.62. The predicted octanol–water partition coefficient (Wildman–Crippen LogP) is 1.09. The molecule has 154 valence electrons. The number of nitrogens with one attached hydrogen (secondary N) is 1. The number of phenols is 1. The van der Waals surface area contributed by atoms with Crippen molar-refractivity contribution in [2.45, 2.75) is 50.6 Å². The summed E-state index contributed by atoms with van der Waals surface area (Å²) in [6, 6.07) is 4.86. The normalized spacial score (nSPS) is 24.4. The predicted molar refractivity (Wildman–Crippen MR) is 111 cm³/mol. The molecule has 29 heavy (non-hydrogen) atoms. The minimum Gasteiger partial charge on any atom is -0.508 e. The van der Waals surface area contributed by atoms with Gasteiger partial charge >= 0.3 is 13.1 Å². The van der Waals surface area contributed by atoms with Crippen molar-refractivity contribution in [2.75, 3.05) is 0 Å². The number of amidine groups is 1. The van der Waals surface area contributed by atoms with E-state index in [1.54, 1.807) is 12.1 Å².